The summed E-state index contributed by atoms with van der Waals surface area (Å²) >= 11 is 5.87. The molecule has 1 atom stereocenters. The highest BCUT2D eigenvalue weighted by Crippen LogP contribution is 2.20. The lowest BCUT2D eigenvalue weighted by Crippen LogP contribution is -2.14. The zero-order valence-electron chi connectivity index (χ0n) is 8.26. The van der Waals surface area contributed by atoms with Crippen LogP contribution >= 0.6 is 11.6 Å². The number of benzene rings is 1. The fourth-order valence-electron chi connectivity index (χ4n) is 1.37. The van der Waals surface area contributed by atoms with Crippen molar-refractivity contribution in [3.63, 3.8) is 0 Å². The quantitative estimate of drug-likeness (QED) is 0.821. The molecule has 1 rings (SSSR count). The zero-order valence-corrected chi connectivity index (χ0v) is 9.02. The van der Waals surface area contributed by atoms with Gasteiger partial charge in [0.05, 0.1) is 0 Å². The monoisotopic (exact) mass is 215 g/mol. The molecular weight excluding hydrogens is 201 g/mol. The van der Waals surface area contributed by atoms with Crippen LogP contribution in [0.4, 0.5) is 4.39 Å². The van der Waals surface area contributed by atoms with Gasteiger partial charge in [0.2, 0.25) is 0 Å². The molecule has 14 heavy (non-hydrogen) atoms. The summed E-state index contributed by atoms with van der Waals surface area (Å²) in [5.41, 5.74) is 6.21. The summed E-state index contributed by atoms with van der Waals surface area (Å²) in [4.78, 5) is 0. The van der Waals surface area contributed by atoms with E-state index in [9.17, 15) is 4.39 Å². The molecule has 0 spiro atoms. The molecule has 0 saturated heterocycles. The van der Waals surface area contributed by atoms with Gasteiger partial charge >= 0.3 is 0 Å². The second-order valence-electron chi connectivity index (χ2n) is 3.57. The number of hydrogen-bond donors (Lipinski definition) is 1. The van der Waals surface area contributed by atoms with Crippen molar-refractivity contribution >= 4 is 11.6 Å². The SMILES string of the molecule is CC(N)CCCc1c(F)cccc1Cl. The van der Waals surface area contributed by atoms with Crippen LogP contribution in [0.1, 0.15) is 25.3 Å². The van der Waals surface area contributed by atoms with E-state index >= 15 is 0 Å². The van der Waals surface area contributed by atoms with Crippen LogP contribution in [0.15, 0.2) is 18.2 Å². The summed E-state index contributed by atoms with van der Waals surface area (Å²) in [6, 6.07) is 4.94. The Kier molecular flexibility index (Phi) is 4.36. The molecule has 1 nitrogen and oxygen atoms in total. The Labute approximate surface area is 89.1 Å². The van der Waals surface area contributed by atoms with Crippen molar-refractivity contribution in [2.24, 2.45) is 5.73 Å². The van der Waals surface area contributed by atoms with Gasteiger partial charge in [-0.2, -0.15) is 0 Å². The fraction of sp³-hybridized carbons (Fsp3) is 0.455. The lowest BCUT2D eigenvalue weighted by atomic mass is 10.1. The smallest absolute Gasteiger partial charge is 0.127 e. The van der Waals surface area contributed by atoms with Gasteiger partial charge in [0.1, 0.15) is 5.82 Å². The van der Waals surface area contributed by atoms with E-state index in [1.54, 1.807) is 12.1 Å². The molecule has 1 unspecified atom stereocenters. The average Bonchev–Trinajstić information content (AvgIpc) is 2.09. The molecule has 2 N–H and O–H groups in total. The van der Waals surface area contributed by atoms with E-state index in [1.165, 1.54) is 6.07 Å². The van der Waals surface area contributed by atoms with Gasteiger partial charge in [-0.05, 0) is 38.3 Å². The van der Waals surface area contributed by atoms with E-state index in [-0.39, 0.29) is 11.9 Å². The molecule has 1 aromatic rings. The van der Waals surface area contributed by atoms with Crippen LogP contribution in [0.5, 0.6) is 0 Å². The van der Waals surface area contributed by atoms with Crippen molar-refractivity contribution in [1.82, 2.24) is 0 Å². The maximum Gasteiger partial charge on any atom is 0.127 e. The molecule has 0 heterocycles. The van der Waals surface area contributed by atoms with Crippen molar-refractivity contribution in [1.29, 1.82) is 0 Å². The van der Waals surface area contributed by atoms with Crippen molar-refractivity contribution < 1.29 is 4.39 Å². The Bertz CT molecular complexity index is 279. The minimum Gasteiger partial charge on any atom is -0.328 e. The van der Waals surface area contributed by atoms with Crippen molar-refractivity contribution in [3.8, 4) is 0 Å². The Hall–Kier alpha value is -0.600. The minimum absolute atomic E-state index is 0.167. The highest BCUT2D eigenvalue weighted by Gasteiger charge is 2.06. The van der Waals surface area contributed by atoms with E-state index in [0.717, 1.165) is 12.8 Å². The van der Waals surface area contributed by atoms with E-state index < -0.39 is 0 Å². The molecule has 0 radical (unpaired) electrons. The van der Waals surface area contributed by atoms with Crippen molar-refractivity contribution in [2.45, 2.75) is 32.2 Å². The van der Waals surface area contributed by atoms with Crippen LogP contribution in [-0.2, 0) is 6.42 Å². The number of nitrogens with two attached hydrogens (primary N) is 1. The zero-order chi connectivity index (χ0) is 10.6. The summed E-state index contributed by atoms with van der Waals surface area (Å²) in [5, 5.41) is 0.509. The van der Waals surface area contributed by atoms with E-state index in [1.807, 2.05) is 6.92 Å². The molecule has 0 fully saturated rings. The largest absolute Gasteiger partial charge is 0.328 e. The van der Waals surface area contributed by atoms with Crippen LogP contribution < -0.4 is 5.73 Å². The van der Waals surface area contributed by atoms with E-state index in [2.05, 4.69) is 0 Å². The first-order chi connectivity index (χ1) is 6.61. The summed E-state index contributed by atoms with van der Waals surface area (Å²) < 4.78 is 13.3. The molecule has 0 aliphatic carbocycles. The lowest BCUT2D eigenvalue weighted by molar-refractivity contribution is 0.583. The normalized spacial score (nSPS) is 12.9. The first-order valence-electron chi connectivity index (χ1n) is 4.79. The third-order valence-electron chi connectivity index (χ3n) is 2.15. The van der Waals surface area contributed by atoms with Gasteiger partial charge in [-0.25, -0.2) is 4.39 Å². The molecule has 3 heteroatoms. The number of hydrogen-bond acceptors (Lipinski definition) is 1. The summed E-state index contributed by atoms with van der Waals surface area (Å²) in [5.74, 6) is -0.220. The molecule has 0 bridgehead atoms. The van der Waals surface area contributed by atoms with Crippen molar-refractivity contribution in [2.75, 3.05) is 0 Å². The van der Waals surface area contributed by atoms with Crippen molar-refractivity contribution in [3.05, 3.63) is 34.6 Å². The predicted octanol–water partition coefficient (Wildman–Crippen LogP) is 3.15. The Morgan fingerprint density at radius 2 is 2.21 bits per heavy atom. The highest BCUT2D eigenvalue weighted by atomic mass is 35.5. The van der Waals surface area contributed by atoms with Gasteiger partial charge in [-0.15, -0.1) is 0 Å². The second-order valence-corrected chi connectivity index (χ2v) is 3.98. The summed E-state index contributed by atoms with van der Waals surface area (Å²) in [7, 11) is 0. The van der Waals surface area contributed by atoms with Crippen LogP contribution in [-0.4, -0.2) is 6.04 Å². The Balaban J connectivity index is 2.58. The lowest BCUT2D eigenvalue weighted by Gasteiger charge is -2.07. The number of rotatable bonds is 4. The van der Waals surface area contributed by atoms with Crippen LogP contribution in [0.2, 0.25) is 5.02 Å². The Morgan fingerprint density at radius 3 is 2.79 bits per heavy atom. The molecule has 78 valence electrons. The van der Waals surface area contributed by atoms with Gasteiger partial charge in [-0.1, -0.05) is 17.7 Å². The first kappa shape index (κ1) is 11.5. The first-order valence-corrected chi connectivity index (χ1v) is 5.17. The van der Waals surface area contributed by atoms with E-state index in [0.29, 0.717) is 17.0 Å². The molecule has 0 aromatic heterocycles. The van der Waals surface area contributed by atoms with Crippen LogP contribution in [0.3, 0.4) is 0 Å². The summed E-state index contributed by atoms with van der Waals surface area (Å²) in [6.45, 7) is 1.95. The van der Waals surface area contributed by atoms with Gasteiger partial charge in [-0.3, -0.25) is 0 Å². The average molecular weight is 216 g/mol. The van der Waals surface area contributed by atoms with E-state index in [4.69, 9.17) is 17.3 Å². The van der Waals surface area contributed by atoms with Crippen LogP contribution in [0, 0.1) is 5.82 Å². The summed E-state index contributed by atoms with van der Waals surface area (Å²) in [6.07, 6.45) is 2.43. The predicted molar refractivity (Wildman–Crippen MR) is 58.0 cm³/mol. The standard InChI is InChI=1S/C11H15ClFN/c1-8(14)4-2-5-9-10(12)6-3-7-11(9)13/h3,6-8H,2,4-5,14H2,1H3. The van der Waals surface area contributed by atoms with Crippen LogP contribution in [0.25, 0.3) is 0 Å². The Morgan fingerprint density at radius 1 is 1.50 bits per heavy atom. The maximum atomic E-state index is 13.3. The third-order valence-corrected chi connectivity index (χ3v) is 2.50. The maximum absolute atomic E-state index is 13.3. The minimum atomic E-state index is -0.220. The molecule has 1 aromatic carbocycles. The topological polar surface area (TPSA) is 26.0 Å². The van der Waals surface area contributed by atoms with Gasteiger partial charge in [0.25, 0.3) is 0 Å². The van der Waals surface area contributed by atoms with Gasteiger partial charge in [0.15, 0.2) is 0 Å². The molecular formula is C11H15ClFN. The molecule has 0 saturated carbocycles. The van der Waals surface area contributed by atoms with Gasteiger partial charge in [0, 0.05) is 16.6 Å². The molecule has 0 aliphatic rings. The second kappa shape index (κ2) is 5.32. The number of halogens is 2. The molecule has 0 aliphatic heterocycles. The fourth-order valence-corrected chi connectivity index (χ4v) is 1.63. The van der Waals surface area contributed by atoms with Gasteiger partial charge < -0.3 is 5.73 Å². The highest BCUT2D eigenvalue weighted by molar-refractivity contribution is 6.31. The third kappa shape index (κ3) is 3.28. The molecule has 0 amide bonds.